The number of anilines is 2. The molecule has 1 aromatic carbocycles. The van der Waals surface area contributed by atoms with Crippen LogP contribution in [0, 0.1) is 0 Å². The molecule has 7 heteroatoms. The molecule has 0 atom stereocenters. The fourth-order valence-corrected chi connectivity index (χ4v) is 3.13. The van der Waals surface area contributed by atoms with E-state index < -0.39 is 0 Å². The number of benzene rings is 1. The Hall–Kier alpha value is -2.47. The summed E-state index contributed by atoms with van der Waals surface area (Å²) in [5.74, 6) is 0.881. The van der Waals surface area contributed by atoms with Crippen LogP contribution in [0.15, 0.2) is 42.6 Å². The summed E-state index contributed by atoms with van der Waals surface area (Å²) in [7, 11) is 3.90. The standard InChI is InChI=1S/C19H24ClN5O/c1-23(2)18-12-15(6-7-21-18)14-22-19(26)25-10-8-24(9-11-25)17-5-3-4-16(20)13-17/h3-7,12-13H,8-11,14H2,1-2H3,(H,22,26). The lowest BCUT2D eigenvalue weighted by Crippen LogP contribution is -2.51. The van der Waals surface area contributed by atoms with E-state index in [4.69, 9.17) is 11.6 Å². The molecule has 1 aliphatic heterocycles. The van der Waals surface area contributed by atoms with Gasteiger partial charge < -0.3 is 20.0 Å². The minimum atomic E-state index is -0.0287. The molecule has 0 aliphatic carbocycles. The molecule has 2 amide bonds. The van der Waals surface area contributed by atoms with Gasteiger partial charge in [0.1, 0.15) is 5.82 Å². The van der Waals surface area contributed by atoms with Crippen LogP contribution in [0.25, 0.3) is 0 Å². The highest BCUT2D eigenvalue weighted by molar-refractivity contribution is 6.30. The van der Waals surface area contributed by atoms with Crippen molar-refractivity contribution in [2.24, 2.45) is 0 Å². The average Bonchev–Trinajstić information content (AvgIpc) is 2.66. The normalized spacial score (nSPS) is 14.3. The van der Waals surface area contributed by atoms with Crippen molar-refractivity contribution < 1.29 is 4.79 Å². The lowest BCUT2D eigenvalue weighted by atomic mass is 10.2. The summed E-state index contributed by atoms with van der Waals surface area (Å²) in [6, 6.07) is 11.7. The van der Waals surface area contributed by atoms with Crippen LogP contribution in [0.4, 0.5) is 16.3 Å². The molecule has 0 spiro atoms. The van der Waals surface area contributed by atoms with E-state index in [0.29, 0.717) is 19.6 Å². The van der Waals surface area contributed by atoms with Crippen molar-refractivity contribution in [3.63, 3.8) is 0 Å². The quantitative estimate of drug-likeness (QED) is 0.895. The third-order valence-corrected chi connectivity index (χ3v) is 4.69. The maximum absolute atomic E-state index is 12.4. The molecular weight excluding hydrogens is 350 g/mol. The Bertz CT molecular complexity index is 759. The Morgan fingerprint density at radius 1 is 1.19 bits per heavy atom. The first-order chi connectivity index (χ1) is 12.5. The third kappa shape index (κ3) is 4.58. The number of hydrogen-bond donors (Lipinski definition) is 1. The highest BCUT2D eigenvalue weighted by Crippen LogP contribution is 2.20. The van der Waals surface area contributed by atoms with E-state index >= 15 is 0 Å². The number of pyridine rings is 1. The number of piperazine rings is 1. The first-order valence-electron chi connectivity index (χ1n) is 8.68. The molecule has 0 radical (unpaired) electrons. The summed E-state index contributed by atoms with van der Waals surface area (Å²) in [5.41, 5.74) is 2.14. The van der Waals surface area contributed by atoms with Crippen molar-refractivity contribution in [1.29, 1.82) is 0 Å². The molecule has 0 saturated carbocycles. The number of halogens is 1. The largest absolute Gasteiger partial charge is 0.368 e. The van der Waals surface area contributed by atoms with Crippen LogP contribution in [-0.4, -0.2) is 56.2 Å². The van der Waals surface area contributed by atoms with Gasteiger partial charge in [0.15, 0.2) is 0 Å². The van der Waals surface area contributed by atoms with Gasteiger partial charge in [-0.1, -0.05) is 17.7 Å². The van der Waals surface area contributed by atoms with Gasteiger partial charge in [0.25, 0.3) is 0 Å². The minimum absolute atomic E-state index is 0.0287. The molecule has 0 bridgehead atoms. The molecule has 1 N–H and O–H groups in total. The maximum atomic E-state index is 12.4. The smallest absolute Gasteiger partial charge is 0.317 e. The third-order valence-electron chi connectivity index (χ3n) is 4.45. The molecule has 0 unspecified atom stereocenters. The first kappa shape index (κ1) is 18.3. The second kappa shape index (κ2) is 8.27. The molecule has 6 nitrogen and oxygen atoms in total. The van der Waals surface area contributed by atoms with Gasteiger partial charge in [-0.2, -0.15) is 0 Å². The van der Waals surface area contributed by atoms with E-state index in [1.165, 1.54) is 0 Å². The summed E-state index contributed by atoms with van der Waals surface area (Å²) in [6.07, 6.45) is 1.76. The van der Waals surface area contributed by atoms with Crippen molar-refractivity contribution in [2.45, 2.75) is 6.54 Å². The summed E-state index contributed by atoms with van der Waals surface area (Å²) in [5, 5.41) is 3.73. The topological polar surface area (TPSA) is 51.7 Å². The van der Waals surface area contributed by atoms with Crippen molar-refractivity contribution in [3.05, 3.63) is 53.2 Å². The summed E-state index contributed by atoms with van der Waals surface area (Å²) < 4.78 is 0. The van der Waals surface area contributed by atoms with E-state index in [1.54, 1.807) is 6.20 Å². The van der Waals surface area contributed by atoms with Gasteiger partial charge in [0, 0.05) is 63.7 Å². The number of urea groups is 1. The maximum Gasteiger partial charge on any atom is 0.317 e. The lowest BCUT2D eigenvalue weighted by Gasteiger charge is -2.36. The molecule has 1 aliphatic rings. The van der Waals surface area contributed by atoms with Crippen molar-refractivity contribution in [2.75, 3.05) is 50.1 Å². The number of aromatic nitrogens is 1. The van der Waals surface area contributed by atoms with Gasteiger partial charge in [-0.25, -0.2) is 9.78 Å². The van der Waals surface area contributed by atoms with Crippen LogP contribution < -0.4 is 15.1 Å². The Kier molecular flexibility index (Phi) is 5.83. The molecule has 2 heterocycles. The van der Waals surface area contributed by atoms with Crippen molar-refractivity contribution >= 4 is 29.1 Å². The molecule has 1 saturated heterocycles. The van der Waals surface area contributed by atoms with Crippen LogP contribution in [0.1, 0.15) is 5.56 Å². The molecule has 1 fully saturated rings. The number of nitrogens with one attached hydrogen (secondary N) is 1. The zero-order chi connectivity index (χ0) is 18.5. The van der Waals surface area contributed by atoms with Gasteiger partial charge in [0.05, 0.1) is 0 Å². The van der Waals surface area contributed by atoms with E-state index in [0.717, 1.165) is 35.2 Å². The number of carbonyl (C=O) groups is 1. The van der Waals surface area contributed by atoms with Gasteiger partial charge >= 0.3 is 6.03 Å². The van der Waals surface area contributed by atoms with Crippen LogP contribution in [0.5, 0.6) is 0 Å². The van der Waals surface area contributed by atoms with Crippen LogP contribution in [0.3, 0.4) is 0 Å². The predicted molar refractivity (Wildman–Crippen MR) is 106 cm³/mol. The Morgan fingerprint density at radius 2 is 1.96 bits per heavy atom. The summed E-state index contributed by atoms with van der Waals surface area (Å²) >= 11 is 6.06. The summed E-state index contributed by atoms with van der Waals surface area (Å²) in [4.78, 5) is 22.8. The number of amides is 2. The second-order valence-corrected chi connectivity index (χ2v) is 6.97. The Balaban J connectivity index is 1.50. The average molecular weight is 374 g/mol. The number of nitrogens with zero attached hydrogens (tertiary/aromatic N) is 4. The monoisotopic (exact) mass is 373 g/mol. The van der Waals surface area contributed by atoms with Gasteiger partial charge in [-0.3, -0.25) is 0 Å². The Morgan fingerprint density at radius 3 is 2.65 bits per heavy atom. The van der Waals surface area contributed by atoms with Crippen LogP contribution in [-0.2, 0) is 6.54 Å². The van der Waals surface area contributed by atoms with Gasteiger partial charge in [-0.05, 0) is 35.9 Å². The zero-order valence-electron chi connectivity index (χ0n) is 15.2. The Labute approximate surface area is 159 Å². The molecule has 26 heavy (non-hydrogen) atoms. The molecule has 1 aromatic heterocycles. The van der Waals surface area contributed by atoms with Crippen molar-refractivity contribution in [1.82, 2.24) is 15.2 Å². The number of hydrogen-bond acceptors (Lipinski definition) is 4. The van der Waals surface area contributed by atoms with Gasteiger partial charge in [0.2, 0.25) is 0 Å². The second-order valence-electron chi connectivity index (χ2n) is 6.53. The van der Waals surface area contributed by atoms with Crippen molar-refractivity contribution in [3.8, 4) is 0 Å². The predicted octanol–water partition coefficient (Wildman–Crippen LogP) is 2.83. The van der Waals surface area contributed by atoms with Crippen LogP contribution in [0.2, 0.25) is 5.02 Å². The first-order valence-corrected chi connectivity index (χ1v) is 9.06. The van der Waals surface area contributed by atoms with E-state index in [2.05, 4.69) is 15.2 Å². The lowest BCUT2D eigenvalue weighted by molar-refractivity contribution is 0.194. The van der Waals surface area contributed by atoms with Gasteiger partial charge in [-0.15, -0.1) is 0 Å². The molecule has 138 valence electrons. The SMILES string of the molecule is CN(C)c1cc(CNC(=O)N2CCN(c3cccc(Cl)c3)CC2)ccn1. The summed E-state index contributed by atoms with van der Waals surface area (Å²) in [6.45, 7) is 3.48. The highest BCUT2D eigenvalue weighted by atomic mass is 35.5. The number of carbonyl (C=O) groups excluding carboxylic acids is 1. The highest BCUT2D eigenvalue weighted by Gasteiger charge is 2.21. The fourth-order valence-electron chi connectivity index (χ4n) is 2.95. The molecular formula is C19H24ClN5O. The zero-order valence-corrected chi connectivity index (χ0v) is 15.9. The van der Waals surface area contributed by atoms with Crippen LogP contribution >= 0.6 is 11.6 Å². The van der Waals surface area contributed by atoms with E-state index in [-0.39, 0.29) is 6.03 Å². The fraction of sp³-hybridized carbons (Fsp3) is 0.368. The number of rotatable bonds is 4. The minimum Gasteiger partial charge on any atom is -0.368 e. The molecule has 3 rings (SSSR count). The van der Waals surface area contributed by atoms with E-state index in [9.17, 15) is 4.79 Å². The molecule has 2 aromatic rings. The van der Waals surface area contributed by atoms with E-state index in [1.807, 2.05) is 60.3 Å².